The van der Waals surface area contributed by atoms with Crippen molar-refractivity contribution in [3.63, 3.8) is 0 Å². The SMILES string of the molecule is CCOCCN(CCOCC)C1(CN)CC(C)CC(C)C1. The fourth-order valence-corrected chi connectivity index (χ4v) is 4.01. The lowest BCUT2D eigenvalue weighted by atomic mass is 9.70. The second-order valence-corrected chi connectivity index (χ2v) is 6.66. The van der Waals surface area contributed by atoms with Crippen molar-refractivity contribution in [2.75, 3.05) is 46.1 Å². The summed E-state index contributed by atoms with van der Waals surface area (Å²) in [7, 11) is 0. The van der Waals surface area contributed by atoms with Gasteiger partial charge in [-0.2, -0.15) is 0 Å². The van der Waals surface area contributed by atoms with Gasteiger partial charge in [0.05, 0.1) is 13.2 Å². The van der Waals surface area contributed by atoms with Crippen LogP contribution in [0.25, 0.3) is 0 Å². The lowest BCUT2D eigenvalue weighted by Crippen LogP contribution is -2.59. The number of nitrogens with two attached hydrogens (primary N) is 1. The first kappa shape index (κ1) is 18.9. The Labute approximate surface area is 131 Å². The molecule has 1 fully saturated rings. The summed E-state index contributed by atoms with van der Waals surface area (Å²) in [4.78, 5) is 2.55. The summed E-state index contributed by atoms with van der Waals surface area (Å²) in [5.41, 5.74) is 6.38. The second-order valence-electron chi connectivity index (χ2n) is 6.66. The molecule has 0 aromatic carbocycles. The molecule has 4 nitrogen and oxygen atoms in total. The van der Waals surface area contributed by atoms with Crippen LogP contribution >= 0.6 is 0 Å². The second kappa shape index (κ2) is 9.78. The van der Waals surface area contributed by atoms with Gasteiger partial charge >= 0.3 is 0 Å². The Bertz CT molecular complexity index is 254. The minimum atomic E-state index is 0.130. The summed E-state index contributed by atoms with van der Waals surface area (Å²) >= 11 is 0. The molecule has 0 radical (unpaired) electrons. The number of rotatable bonds is 10. The van der Waals surface area contributed by atoms with E-state index in [4.69, 9.17) is 15.2 Å². The van der Waals surface area contributed by atoms with Crippen LogP contribution in [-0.2, 0) is 9.47 Å². The smallest absolute Gasteiger partial charge is 0.0593 e. The first-order chi connectivity index (χ1) is 10.1. The molecule has 0 saturated heterocycles. The summed E-state index contributed by atoms with van der Waals surface area (Å²) in [5, 5.41) is 0. The Kier molecular flexibility index (Phi) is 8.79. The normalized spacial score (nSPS) is 30.0. The molecule has 0 bridgehead atoms. The van der Waals surface area contributed by atoms with E-state index in [1.807, 2.05) is 13.8 Å². The highest BCUT2D eigenvalue weighted by Gasteiger charge is 2.41. The highest BCUT2D eigenvalue weighted by Crippen LogP contribution is 2.39. The van der Waals surface area contributed by atoms with Crippen LogP contribution in [0.5, 0.6) is 0 Å². The maximum Gasteiger partial charge on any atom is 0.0593 e. The molecule has 21 heavy (non-hydrogen) atoms. The molecule has 0 aromatic rings. The van der Waals surface area contributed by atoms with Gasteiger partial charge in [0, 0.05) is 38.4 Å². The quantitative estimate of drug-likeness (QED) is 0.630. The predicted octanol–water partition coefficient (Wildman–Crippen LogP) is 2.51. The van der Waals surface area contributed by atoms with Crippen LogP contribution < -0.4 is 5.73 Å². The first-order valence-electron chi connectivity index (χ1n) is 8.68. The van der Waals surface area contributed by atoms with Crippen molar-refractivity contribution < 1.29 is 9.47 Å². The van der Waals surface area contributed by atoms with E-state index >= 15 is 0 Å². The first-order valence-corrected chi connectivity index (χ1v) is 8.68. The zero-order chi connectivity index (χ0) is 15.7. The summed E-state index contributed by atoms with van der Waals surface area (Å²) in [5.74, 6) is 1.50. The average molecular weight is 300 g/mol. The van der Waals surface area contributed by atoms with Gasteiger partial charge in [-0.25, -0.2) is 0 Å². The molecule has 0 aromatic heterocycles. The van der Waals surface area contributed by atoms with Gasteiger partial charge < -0.3 is 15.2 Å². The van der Waals surface area contributed by atoms with Gasteiger partial charge in [0.25, 0.3) is 0 Å². The van der Waals surface area contributed by atoms with E-state index in [-0.39, 0.29) is 5.54 Å². The Morgan fingerprint density at radius 2 is 1.48 bits per heavy atom. The Balaban J connectivity index is 2.73. The van der Waals surface area contributed by atoms with Crippen molar-refractivity contribution in [3.8, 4) is 0 Å². The van der Waals surface area contributed by atoms with Crippen molar-refractivity contribution in [1.29, 1.82) is 0 Å². The van der Waals surface area contributed by atoms with E-state index in [1.54, 1.807) is 0 Å². The summed E-state index contributed by atoms with van der Waals surface area (Å²) in [6.07, 6.45) is 3.73. The Morgan fingerprint density at radius 1 is 1.00 bits per heavy atom. The van der Waals surface area contributed by atoms with Gasteiger partial charge in [0.15, 0.2) is 0 Å². The van der Waals surface area contributed by atoms with E-state index in [0.717, 1.165) is 57.9 Å². The fourth-order valence-electron chi connectivity index (χ4n) is 4.01. The van der Waals surface area contributed by atoms with E-state index < -0.39 is 0 Å². The largest absolute Gasteiger partial charge is 0.380 e. The van der Waals surface area contributed by atoms with Crippen LogP contribution in [0, 0.1) is 11.8 Å². The van der Waals surface area contributed by atoms with Crippen molar-refractivity contribution >= 4 is 0 Å². The molecule has 0 aliphatic heterocycles. The Hall–Kier alpha value is -0.160. The van der Waals surface area contributed by atoms with Crippen molar-refractivity contribution in [3.05, 3.63) is 0 Å². The third kappa shape index (κ3) is 5.85. The average Bonchev–Trinajstić information content (AvgIpc) is 2.44. The van der Waals surface area contributed by atoms with Crippen LogP contribution in [0.2, 0.25) is 0 Å². The molecule has 1 aliphatic rings. The van der Waals surface area contributed by atoms with Crippen LogP contribution in [0.15, 0.2) is 0 Å². The molecule has 2 unspecified atom stereocenters. The predicted molar refractivity (Wildman–Crippen MR) is 88.5 cm³/mol. The lowest BCUT2D eigenvalue weighted by Gasteiger charge is -2.49. The van der Waals surface area contributed by atoms with Crippen LogP contribution in [0.1, 0.15) is 47.0 Å². The third-order valence-corrected chi connectivity index (χ3v) is 4.73. The van der Waals surface area contributed by atoms with Crippen molar-refractivity contribution in [2.45, 2.75) is 52.5 Å². The highest BCUT2D eigenvalue weighted by molar-refractivity contribution is 4.97. The molecule has 2 atom stereocenters. The van der Waals surface area contributed by atoms with E-state index in [1.165, 1.54) is 19.3 Å². The molecule has 1 saturated carbocycles. The zero-order valence-electron chi connectivity index (χ0n) is 14.6. The highest BCUT2D eigenvalue weighted by atomic mass is 16.5. The lowest BCUT2D eigenvalue weighted by molar-refractivity contribution is -0.0169. The van der Waals surface area contributed by atoms with E-state index in [2.05, 4.69) is 18.7 Å². The summed E-state index contributed by atoms with van der Waals surface area (Å²) < 4.78 is 11.2. The van der Waals surface area contributed by atoms with Crippen molar-refractivity contribution in [1.82, 2.24) is 4.90 Å². The Morgan fingerprint density at radius 3 is 1.86 bits per heavy atom. The topological polar surface area (TPSA) is 47.7 Å². The minimum Gasteiger partial charge on any atom is -0.380 e. The minimum absolute atomic E-state index is 0.130. The molecule has 1 aliphatic carbocycles. The zero-order valence-corrected chi connectivity index (χ0v) is 14.6. The van der Waals surface area contributed by atoms with Crippen LogP contribution in [0.4, 0.5) is 0 Å². The third-order valence-electron chi connectivity index (χ3n) is 4.73. The molecule has 0 spiro atoms. The monoisotopic (exact) mass is 300 g/mol. The van der Waals surface area contributed by atoms with Gasteiger partial charge in [-0.3, -0.25) is 4.90 Å². The number of hydrogen-bond acceptors (Lipinski definition) is 4. The summed E-state index contributed by atoms with van der Waals surface area (Å²) in [6, 6.07) is 0. The number of ether oxygens (including phenoxy) is 2. The number of hydrogen-bond donors (Lipinski definition) is 1. The molecular formula is C17H36N2O2. The molecule has 2 N–H and O–H groups in total. The maximum atomic E-state index is 6.25. The molecule has 4 heteroatoms. The van der Waals surface area contributed by atoms with Gasteiger partial charge in [0.2, 0.25) is 0 Å². The molecule has 126 valence electrons. The standard InChI is InChI=1S/C17H36N2O2/c1-5-20-9-7-19(8-10-21-6-2)17(14-18)12-15(3)11-16(4)13-17/h15-16H,5-14,18H2,1-4H3. The van der Waals surface area contributed by atoms with Crippen LogP contribution in [0.3, 0.4) is 0 Å². The van der Waals surface area contributed by atoms with Gasteiger partial charge in [-0.05, 0) is 44.9 Å². The number of nitrogens with zero attached hydrogens (tertiary/aromatic N) is 1. The molecule has 1 rings (SSSR count). The molecular weight excluding hydrogens is 264 g/mol. The van der Waals surface area contributed by atoms with Crippen molar-refractivity contribution in [2.24, 2.45) is 17.6 Å². The molecule has 0 heterocycles. The van der Waals surface area contributed by atoms with Gasteiger partial charge in [-0.1, -0.05) is 13.8 Å². The van der Waals surface area contributed by atoms with Gasteiger partial charge in [-0.15, -0.1) is 0 Å². The molecule has 0 amide bonds. The van der Waals surface area contributed by atoms with E-state index in [0.29, 0.717) is 0 Å². The van der Waals surface area contributed by atoms with Crippen LogP contribution in [-0.4, -0.2) is 56.5 Å². The fraction of sp³-hybridized carbons (Fsp3) is 1.00. The maximum absolute atomic E-state index is 6.25. The van der Waals surface area contributed by atoms with E-state index in [9.17, 15) is 0 Å². The summed E-state index contributed by atoms with van der Waals surface area (Å²) in [6.45, 7) is 14.6. The van der Waals surface area contributed by atoms with Gasteiger partial charge in [0.1, 0.15) is 0 Å².